The van der Waals surface area contributed by atoms with Gasteiger partial charge < -0.3 is 5.73 Å². The molecule has 0 radical (unpaired) electrons. The fourth-order valence-electron chi connectivity index (χ4n) is 2.33. The molecule has 0 saturated carbocycles. The van der Waals surface area contributed by atoms with E-state index < -0.39 is 10.0 Å². The first-order chi connectivity index (χ1) is 8.34. The van der Waals surface area contributed by atoms with Crippen molar-refractivity contribution in [1.82, 2.24) is 4.31 Å². The van der Waals surface area contributed by atoms with Gasteiger partial charge in [-0.2, -0.15) is 4.31 Å². The molecule has 1 atom stereocenters. The van der Waals surface area contributed by atoms with Crippen molar-refractivity contribution >= 4 is 27.3 Å². The van der Waals surface area contributed by atoms with Crippen LogP contribution in [-0.4, -0.2) is 25.3 Å². The minimum absolute atomic E-state index is 0.0367. The highest BCUT2D eigenvalue weighted by molar-refractivity contribution is 7.89. The number of benzene rings is 1. The summed E-state index contributed by atoms with van der Waals surface area (Å²) in [6.45, 7) is 4.20. The van der Waals surface area contributed by atoms with Crippen LogP contribution in [0.5, 0.6) is 0 Å². The Morgan fingerprint density at radius 1 is 1.44 bits per heavy atom. The van der Waals surface area contributed by atoms with Crippen LogP contribution in [0.3, 0.4) is 0 Å². The number of nitrogens with zero attached hydrogens (tertiary/aromatic N) is 1. The number of hydrogen-bond donors (Lipinski definition) is 1. The third-order valence-electron chi connectivity index (χ3n) is 3.44. The van der Waals surface area contributed by atoms with E-state index in [0.29, 0.717) is 22.8 Å². The van der Waals surface area contributed by atoms with Crippen LogP contribution < -0.4 is 5.73 Å². The average molecular weight is 289 g/mol. The SMILES string of the molecule is Cc1c(N)cc(Cl)cc1S(=O)(=O)N1CCCC1C. The third-order valence-corrected chi connectivity index (χ3v) is 5.80. The van der Waals surface area contributed by atoms with E-state index in [1.807, 2.05) is 6.92 Å². The molecule has 0 amide bonds. The molecule has 1 aromatic rings. The fraction of sp³-hybridized carbons (Fsp3) is 0.500. The lowest BCUT2D eigenvalue weighted by molar-refractivity contribution is 0.408. The fourth-order valence-corrected chi connectivity index (χ4v) is 4.61. The Morgan fingerprint density at radius 3 is 2.67 bits per heavy atom. The van der Waals surface area contributed by atoms with Crippen molar-refractivity contribution in [3.05, 3.63) is 22.7 Å². The first-order valence-electron chi connectivity index (χ1n) is 5.91. The lowest BCUT2D eigenvalue weighted by Gasteiger charge is -2.22. The van der Waals surface area contributed by atoms with Gasteiger partial charge in [0.25, 0.3) is 0 Å². The normalized spacial score (nSPS) is 21.4. The van der Waals surface area contributed by atoms with E-state index in [1.165, 1.54) is 10.4 Å². The molecule has 0 aliphatic carbocycles. The number of nitrogens with two attached hydrogens (primary N) is 1. The van der Waals surface area contributed by atoms with Gasteiger partial charge in [0.15, 0.2) is 0 Å². The van der Waals surface area contributed by atoms with Crippen molar-refractivity contribution in [2.24, 2.45) is 0 Å². The molecule has 6 heteroatoms. The Labute approximate surface area is 113 Å². The van der Waals surface area contributed by atoms with Crippen LogP contribution in [0.15, 0.2) is 17.0 Å². The standard InChI is InChI=1S/C12H17ClN2O2S/c1-8-4-3-5-15(8)18(16,17)12-7-10(13)6-11(14)9(12)2/h6-8H,3-5,14H2,1-2H3. The smallest absolute Gasteiger partial charge is 0.243 e. The number of rotatable bonds is 2. The molecule has 0 spiro atoms. The zero-order chi connectivity index (χ0) is 13.5. The summed E-state index contributed by atoms with van der Waals surface area (Å²) in [5.41, 5.74) is 6.76. The highest BCUT2D eigenvalue weighted by atomic mass is 35.5. The first kappa shape index (κ1) is 13.6. The molecule has 1 saturated heterocycles. The Morgan fingerprint density at radius 2 is 2.11 bits per heavy atom. The van der Waals surface area contributed by atoms with Crippen LogP contribution >= 0.6 is 11.6 Å². The summed E-state index contributed by atoms with van der Waals surface area (Å²) < 4.78 is 26.7. The van der Waals surface area contributed by atoms with Crippen molar-refractivity contribution in [2.75, 3.05) is 12.3 Å². The molecule has 4 nitrogen and oxygen atoms in total. The van der Waals surface area contributed by atoms with Crippen LogP contribution in [-0.2, 0) is 10.0 Å². The lowest BCUT2D eigenvalue weighted by atomic mass is 10.2. The van der Waals surface area contributed by atoms with Crippen molar-refractivity contribution in [2.45, 2.75) is 37.6 Å². The predicted octanol–water partition coefficient (Wildman–Crippen LogP) is 2.40. The van der Waals surface area contributed by atoms with Gasteiger partial charge in [0.05, 0.1) is 4.90 Å². The van der Waals surface area contributed by atoms with E-state index in [1.54, 1.807) is 13.0 Å². The number of nitrogen functional groups attached to an aromatic ring is 1. The summed E-state index contributed by atoms with van der Waals surface area (Å²) in [7, 11) is -3.49. The maximum absolute atomic E-state index is 12.6. The Hall–Kier alpha value is -0.780. The quantitative estimate of drug-likeness (QED) is 0.850. The molecule has 1 aliphatic heterocycles. The highest BCUT2D eigenvalue weighted by Gasteiger charge is 2.33. The summed E-state index contributed by atoms with van der Waals surface area (Å²) in [5.74, 6) is 0. The Balaban J connectivity index is 2.54. The van der Waals surface area contributed by atoms with Crippen molar-refractivity contribution in [3.8, 4) is 0 Å². The van der Waals surface area contributed by atoms with E-state index >= 15 is 0 Å². The Bertz CT molecular complexity index is 572. The van der Waals surface area contributed by atoms with Gasteiger partial charge in [-0.15, -0.1) is 0 Å². The van der Waals surface area contributed by atoms with E-state index in [9.17, 15) is 8.42 Å². The molecule has 0 aromatic heterocycles. The van der Waals surface area contributed by atoms with Crippen LogP contribution in [0.4, 0.5) is 5.69 Å². The minimum Gasteiger partial charge on any atom is -0.398 e. The summed E-state index contributed by atoms with van der Waals surface area (Å²) in [4.78, 5) is 0.223. The molecule has 18 heavy (non-hydrogen) atoms. The molecular weight excluding hydrogens is 272 g/mol. The molecular formula is C12H17ClN2O2S. The van der Waals surface area contributed by atoms with Crippen LogP contribution in [0, 0.1) is 6.92 Å². The zero-order valence-electron chi connectivity index (χ0n) is 10.5. The van der Waals surface area contributed by atoms with Gasteiger partial charge in [0, 0.05) is 23.3 Å². The Kier molecular flexibility index (Phi) is 3.58. The molecule has 1 fully saturated rings. The predicted molar refractivity (Wildman–Crippen MR) is 73.2 cm³/mol. The van der Waals surface area contributed by atoms with E-state index in [4.69, 9.17) is 17.3 Å². The topological polar surface area (TPSA) is 63.4 Å². The van der Waals surface area contributed by atoms with Gasteiger partial charge in [-0.25, -0.2) is 8.42 Å². The third kappa shape index (κ3) is 2.22. The highest BCUT2D eigenvalue weighted by Crippen LogP contribution is 2.31. The second kappa shape index (κ2) is 4.72. The van der Waals surface area contributed by atoms with E-state index in [2.05, 4.69) is 0 Å². The average Bonchev–Trinajstić information content (AvgIpc) is 2.70. The maximum atomic E-state index is 12.6. The maximum Gasteiger partial charge on any atom is 0.243 e. The van der Waals surface area contributed by atoms with Gasteiger partial charge in [0.2, 0.25) is 10.0 Å². The van der Waals surface area contributed by atoms with E-state index in [0.717, 1.165) is 12.8 Å². The molecule has 1 aromatic carbocycles. The summed E-state index contributed by atoms with van der Waals surface area (Å²) in [5, 5.41) is 0.350. The largest absolute Gasteiger partial charge is 0.398 e. The van der Waals surface area contributed by atoms with E-state index in [-0.39, 0.29) is 10.9 Å². The summed E-state index contributed by atoms with van der Waals surface area (Å²) in [6, 6.07) is 3.09. The molecule has 0 bridgehead atoms. The molecule has 2 rings (SSSR count). The van der Waals surface area contributed by atoms with Gasteiger partial charge in [0.1, 0.15) is 0 Å². The summed E-state index contributed by atoms with van der Waals surface area (Å²) >= 11 is 5.91. The molecule has 1 heterocycles. The van der Waals surface area contributed by atoms with Crippen molar-refractivity contribution in [3.63, 3.8) is 0 Å². The number of anilines is 1. The number of halogens is 1. The lowest BCUT2D eigenvalue weighted by Crippen LogP contribution is -2.34. The zero-order valence-corrected chi connectivity index (χ0v) is 12.1. The van der Waals surface area contributed by atoms with Gasteiger partial charge in [-0.3, -0.25) is 0 Å². The molecule has 100 valence electrons. The molecule has 2 N–H and O–H groups in total. The monoisotopic (exact) mass is 288 g/mol. The second-order valence-corrected chi connectivity index (χ2v) is 7.02. The number of sulfonamides is 1. The van der Waals surface area contributed by atoms with Crippen LogP contribution in [0.1, 0.15) is 25.3 Å². The van der Waals surface area contributed by atoms with Gasteiger partial charge >= 0.3 is 0 Å². The van der Waals surface area contributed by atoms with Gasteiger partial charge in [-0.1, -0.05) is 11.6 Å². The minimum atomic E-state index is -3.49. The second-order valence-electron chi connectivity index (χ2n) is 4.73. The number of hydrogen-bond acceptors (Lipinski definition) is 3. The first-order valence-corrected chi connectivity index (χ1v) is 7.73. The van der Waals surface area contributed by atoms with Crippen LogP contribution in [0.25, 0.3) is 0 Å². The van der Waals surface area contributed by atoms with Crippen molar-refractivity contribution in [1.29, 1.82) is 0 Å². The van der Waals surface area contributed by atoms with Crippen molar-refractivity contribution < 1.29 is 8.42 Å². The van der Waals surface area contributed by atoms with Crippen LogP contribution in [0.2, 0.25) is 5.02 Å². The summed E-state index contributed by atoms with van der Waals surface area (Å²) in [6.07, 6.45) is 1.80. The molecule has 1 unspecified atom stereocenters. The molecule has 1 aliphatic rings. The van der Waals surface area contributed by atoms with Gasteiger partial charge in [-0.05, 0) is 44.4 Å².